The van der Waals surface area contributed by atoms with E-state index >= 15 is 0 Å². The Kier molecular flexibility index (Phi) is 5.57. The summed E-state index contributed by atoms with van der Waals surface area (Å²) >= 11 is 3.51. The number of carbonyl (C=O) groups excluding carboxylic acids is 2. The van der Waals surface area contributed by atoms with Gasteiger partial charge in [0.1, 0.15) is 0 Å². The molecule has 1 aromatic carbocycles. The Morgan fingerprint density at radius 3 is 2.81 bits per heavy atom. The molecule has 0 spiro atoms. The van der Waals surface area contributed by atoms with E-state index < -0.39 is 0 Å². The molecule has 0 aromatic heterocycles. The first-order chi connectivity index (χ1) is 12.4. The zero-order valence-corrected chi connectivity index (χ0v) is 16.6. The van der Waals surface area contributed by atoms with Crippen molar-refractivity contribution in [2.75, 3.05) is 54.2 Å². The van der Waals surface area contributed by atoms with Crippen LogP contribution in [0.3, 0.4) is 0 Å². The predicted octanol–water partition coefficient (Wildman–Crippen LogP) is 0.862. The molecule has 3 rings (SSSR count). The van der Waals surface area contributed by atoms with Crippen LogP contribution in [0.25, 0.3) is 0 Å². The maximum Gasteiger partial charge on any atom is 0.257 e. The first-order valence-corrected chi connectivity index (χ1v) is 9.13. The summed E-state index contributed by atoms with van der Waals surface area (Å²) in [6.45, 7) is 1.71. The van der Waals surface area contributed by atoms with E-state index in [1.807, 2.05) is 19.0 Å². The summed E-state index contributed by atoms with van der Waals surface area (Å²) in [7, 11) is 5.60. The molecule has 0 saturated heterocycles. The molecule has 0 radical (unpaired) electrons. The lowest BCUT2D eigenvalue weighted by Crippen LogP contribution is -2.36. The minimum absolute atomic E-state index is 0.0479. The number of benzene rings is 1. The number of hydrogen-bond donors (Lipinski definition) is 1. The molecule has 26 heavy (non-hydrogen) atoms. The molecule has 0 aliphatic carbocycles. The molecule has 0 unspecified atom stereocenters. The fraction of sp³-hybridized carbons (Fsp3) is 0.529. The number of rotatable bonds is 6. The molecule has 2 aliphatic heterocycles. The maximum atomic E-state index is 12.7. The number of hydrogen-bond acceptors (Lipinski definition) is 6. The minimum atomic E-state index is -0.257. The third-order valence-electron chi connectivity index (χ3n) is 4.30. The van der Waals surface area contributed by atoms with Gasteiger partial charge in [-0.2, -0.15) is 0 Å². The van der Waals surface area contributed by atoms with E-state index in [4.69, 9.17) is 14.2 Å². The van der Waals surface area contributed by atoms with Gasteiger partial charge in [-0.1, -0.05) is 0 Å². The molecule has 0 saturated carbocycles. The summed E-state index contributed by atoms with van der Waals surface area (Å²) < 4.78 is 17.5. The Balaban J connectivity index is 1.84. The molecule has 2 aliphatic rings. The van der Waals surface area contributed by atoms with Crippen LogP contribution in [0.5, 0.6) is 17.2 Å². The third-order valence-corrected chi connectivity index (χ3v) is 5.14. The summed E-state index contributed by atoms with van der Waals surface area (Å²) in [4.78, 5) is 28.3. The second-order valence-electron chi connectivity index (χ2n) is 6.48. The summed E-state index contributed by atoms with van der Waals surface area (Å²) in [6.07, 6.45) is 0.667. The lowest BCUT2D eigenvalue weighted by Gasteiger charge is -2.28. The Bertz CT molecular complexity index is 738. The van der Waals surface area contributed by atoms with E-state index in [9.17, 15) is 9.59 Å². The molecule has 2 heterocycles. The van der Waals surface area contributed by atoms with Crippen LogP contribution >= 0.6 is 15.9 Å². The van der Waals surface area contributed by atoms with Gasteiger partial charge in [-0.05, 0) is 42.0 Å². The second kappa shape index (κ2) is 7.71. The molecular formula is C17H22BrN3O5. The third kappa shape index (κ3) is 3.59. The van der Waals surface area contributed by atoms with Gasteiger partial charge in [0, 0.05) is 26.7 Å². The monoisotopic (exact) mass is 427 g/mol. The molecule has 1 N–H and O–H groups in total. The Hall–Kier alpha value is -2.00. The van der Waals surface area contributed by atoms with Gasteiger partial charge in [-0.3, -0.25) is 9.59 Å². The van der Waals surface area contributed by atoms with Gasteiger partial charge in [0.2, 0.25) is 12.5 Å². The average Bonchev–Trinajstić information content (AvgIpc) is 3.07. The SMILES string of the molecule is CN(C)CCNC(=O)COc1c2c(c(Br)c3c1C(=O)N(C)CC3)OCO2. The molecule has 0 bridgehead atoms. The van der Waals surface area contributed by atoms with Crippen LogP contribution in [0, 0.1) is 0 Å². The van der Waals surface area contributed by atoms with Crippen LogP contribution in [0.1, 0.15) is 15.9 Å². The largest absolute Gasteiger partial charge is 0.479 e. The fourth-order valence-corrected chi connectivity index (χ4v) is 3.58. The van der Waals surface area contributed by atoms with Crippen molar-refractivity contribution in [3.05, 3.63) is 15.6 Å². The fourth-order valence-electron chi connectivity index (χ4n) is 2.89. The van der Waals surface area contributed by atoms with Gasteiger partial charge in [0.15, 0.2) is 18.1 Å². The first kappa shape index (κ1) is 18.8. The second-order valence-corrected chi connectivity index (χ2v) is 7.27. The van der Waals surface area contributed by atoms with Crippen molar-refractivity contribution in [1.29, 1.82) is 0 Å². The van der Waals surface area contributed by atoms with Gasteiger partial charge in [-0.25, -0.2) is 0 Å². The van der Waals surface area contributed by atoms with Crippen molar-refractivity contribution >= 4 is 27.7 Å². The number of ether oxygens (including phenoxy) is 3. The number of halogens is 1. The summed E-state index contributed by atoms with van der Waals surface area (Å²) in [5.74, 6) is 0.737. The Labute approximate surface area is 160 Å². The highest BCUT2D eigenvalue weighted by Crippen LogP contribution is 2.51. The van der Waals surface area contributed by atoms with Gasteiger partial charge >= 0.3 is 0 Å². The van der Waals surface area contributed by atoms with Crippen LogP contribution in [0.2, 0.25) is 0 Å². The van der Waals surface area contributed by atoms with E-state index in [-0.39, 0.29) is 31.0 Å². The minimum Gasteiger partial charge on any atom is -0.479 e. The summed E-state index contributed by atoms with van der Waals surface area (Å²) in [6, 6.07) is 0. The van der Waals surface area contributed by atoms with E-state index in [0.29, 0.717) is 41.0 Å². The van der Waals surface area contributed by atoms with Crippen molar-refractivity contribution in [2.24, 2.45) is 0 Å². The van der Waals surface area contributed by atoms with Gasteiger partial charge < -0.3 is 29.3 Å². The normalized spacial score (nSPS) is 15.3. The Morgan fingerprint density at radius 2 is 2.08 bits per heavy atom. The highest BCUT2D eigenvalue weighted by atomic mass is 79.9. The smallest absolute Gasteiger partial charge is 0.257 e. The first-order valence-electron chi connectivity index (χ1n) is 8.33. The number of amides is 2. The number of likely N-dealkylation sites (N-methyl/N-ethyl adjacent to an activating group) is 2. The van der Waals surface area contributed by atoms with Crippen molar-refractivity contribution in [3.8, 4) is 17.2 Å². The van der Waals surface area contributed by atoms with E-state index in [1.165, 1.54) is 0 Å². The van der Waals surface area contributed by atoms with E-state index in [2.05, 4.69) is 21.2 Å². The topological polar surface area (TPSA) is 80.3 Å². The van der Waals surface area contributed by atoms with E-state index in [1.54, 1.807) is 11.9 Å². The van der Waals surface area contributed by atoms with Crippen LogP contribution < -0.4 is 19.5 Å². The number of nitrogens with one attached hydrogen (secondary N) is 1. The lowest BCUT2D eigenvalue weighted by molar-refractivity contribution is -0.123. The van der Waals surface area contributed by atoms with Gasteiger partial charge in [0.25, 0.3) is 11.8 Å². The molecule has 0 atom stereocenters. The molecule has 0 fully saturated rings. The average molecular weight is 428 g/mol. The van der Waals surface area contributed by atoms with E-state index in [0.717, 1.165) is 12.1 Å². The quantitative estimate of drug-likeness (QED) is 0.725. The Morgan fingerprint density at radius 1 is 1.35 bits per heavy atom. The molecule has 8 nitrogen and oxygen atoms in total. The van der Waals surface area contributed by atoms with Crippen molar-refractivity contribution in [3.63, 3.8) is 0 Å². The molecule has 9 heteroatoms. The van der Waals surface area contributed by atoms with Gasteiger partial charge in [-0.15, -0.1) is 0 Å². The summed E-state index contributed by atoms with van der Waals surface area (Å²) in [5.41, 5.74) is 1.25. The van der Waals surface area contributed by atoms with Gasteiger partial charge in [0.05, 0.1) is 10.0 Å². The van der Waals surface area contributed by atoms with Crippen molar-refractivity contribution < 1.29 is 23.8 Å². The van der Waals surface area contributed by atoms with Crippen LogP contribution in [-0.2, 0) is 11.2 Å². The van der Waals surface area contributed by atoms with Crippen molar-refractivity contribution in [2.45, 2.75) is 6.42 Å². The van der Waals surface area contributed by atoms with Crippen LogP contribution in [-0.4, -0.2) is 75.8 Å². The van der Waals surface area contributed by atoms with Crippen molar-refractivity contribution in [1.82, 2.24) is 15.1 Å². The zero-order valence-electron chi connectivity index (χ0n) is 15.1. The molecular weight excluding hydrogens is 406 g/mol. The number of fused-ring (bicyclic) bond motifs is 2. The zero-order chi connectivity index (χ0) is 18.8. The highest BCUT2D eigenvalue weighted by Gasteiger charge is 2.36. The molecule has 142 valence electrons. The van der Waals surface area contributed by atoms with Crippen LogP contribution in [0.4, 0.5) is 0 Å². The number of carbonyl (C=O) groups is 2. The maximum absolute atomic E-state index is 12.7. The predicted molar refractivity (Wildman–Crippen MR) is 98.0 cm³/mol. The highest BCUT2D eigenvalue weighted by molar-refractivity contribution is 9.10. The summed E-state index contributed by atoms with van der Waals surface area (Å²) in [5, 5.41) is 2.78. The standard InChI is InChI=1S/C17H22BrN3O5/c1-20(2)7-5-19-11(22)8-24-14-12-10(4-6-21(3)17(12)23)13(18)15-16(14)26-9-25-15/h4-9H2,1-3H3,(H,19,22). The molecule has 2 amide bonds. The lowest BCUT2D eigenvalue weighted by atomic mass is 9.97. The molecule has 1 aromatic rings. The van der Waals surface area contributed by atoms with Crippen LogP contribution in [0.15, 0.2) is 4.47 Å². The number of nitrogens with zero attached hydrogens (tertiary/aromatic N) is 2.